The standard InChI is InChI=1S/C13H22BrIN2O/c14-10-3-1-9(2-4-10)12(18)8-17-7-11(15)5-6-13(17)16/h9-11,13H,1-8,16H2. The van der Waals surface area contributed by atoms with Crippen LogP contribution in [0.15, 0.2) is 0 Å². The molecule has 0 amide bonds. The fourth-order valence-corrected chi connectivity index (χ4v) is 4.30. The lowest BCUT2D eigenvalue weighted by Crippen LogP contribution is -2.51. The van der Waals surface area contributed by atoms with Crippen LogP contribution in [-0.4, -0.2) is 38.7 Å². The molecule has 0 bridgehead atoms. The van der Waals surface area contributed by atoms with Crippen LogP contribution < -0.4 is 5.73 Å². The highest BCUT2D eigenvalue weighted by atomic mass is 127. The molecule has 0 spiro atoms. The van der Waals surface area contributed by atoms with E-state index in [0.29, 0.717) is 21.1 Å². The number of nitrogens with two attached hydrogens (primary N) is 1. The number of ketones is 1. The molecule has 1 saturated heterocycles. The lowest BCUT2D eigenvalue weighted by Gasteiger charge is -2.36. The Morgan fingerprint density at radius 2 is 1.89 bits per heavy atom. The third-order valence-electron chi connectivity index (χ3n) is 4.15. The van der Waals surface area contributed by atoms with Gasteiger partial charge in [-0.05, 0) is 38.5 Å². The molecule has 0 aromatic carbocycles. The number of nitrogens with zero attached hydrogens (tertiary/aromatic N) is 1. The zero-order valence-corrected chi connectivity index (χ0v) is 14.4. The molecule has 2 atom stereocenters. The molecule has 18 heavy (non-hydrogen) atoms. The fourth-order valence-electron chi connectivity index (χ4n) is 2.90. The monoisotopic (exact) mass is 428 g/mol. The SMILES string of the molecule is NC1CCC(I)CN1CC(=O)C1CCC(Br)CC1. The molecular weight excluding hydrogens is 407 g/mol. The van der Waals surface area contributed by atoms with Crippen LogP contribution in [0.25, 0.3) is 0 Å². The van der Waals surface area contributed by atoms with E-state index in [1.165, 1.54) is 6.42 Å². The molecule has 0 aromatic rings. The summed E-state index contributed by atoms with van der Waals surface area (Å²) in [7, 11) is 0. The van der Waals surface area contributed by atoms with Crippen LogP contribution in [0.4, 0.5) is 0 Å². The second-order valence-electron chi connectivity index (χ2n) is 5.59. The van der Waals surface area contributed by atoms with E-state index in [9.17, 15) is 4.79 Å². The molecule has 1 heterocycles. The van der Waals surface area contributed by atoms with Gasteiger partial charge in [-0.2, -0.15) is 0 Å². The zero-order valence-electron chi connectivity index (χ0n) is 10.7. The summed E-state index contributed by atoms with van der Waals surface area (Å²) in [6, 6.07) is 0. The molecule has 0 aromatic heterocycles. The van der Waals surface area contributed by atoms with E-state index in [1.807, 2.05) is 0 Å². The zero-order chi connectivity index (χ0) is 13.1. The average molecular weight is 429 g/mol. The highest BCUT2D eigenvalue weighted by Gasteiger charge is 2.30. The van der Waals surface area contributed by atoms with Gasteiger partial charge in [0, 0.05) is 21.2 Å². The smallest absolute Gasteiger partial charge is 0.149 e. The van der Waals surface area contributed by atoms with Gasteiger partial charge in [-0.15, -0.1) is 0 Å². The van der Waals surface area contributed by atoms with Gasteiger partial charge in [-0.25, -0.2) is 0 Å². The second-order valence-corrected chi connectivity index (χ2v) is 8.64. The number of likely N-dealkylation sites (tertiary alicyclic amines) is 1. The largest absolute Gasteiger partial charge is 0.316 e. The van der Waals surface area contributed by atoms with Crippen molar-refractivity contribution in [1.82, 2.24) is 4.90 Å². The number of halogens is 2. The Hall–Kier alpha value is 0.800. The molecule has 3 nitrogen and oxygen atoms in total. The van der Waals surface area contributed by atoms with Crippen LogP contribution in [0, 0.1) is 5.92 Å². The van der Waals surface area contributed by atoms with E-state index >= 15 is 0 Å². The molecule has 2 unspecified atom stereocenters. The van der Waals surface area contributed by atoms with Crippen molar-refractivity contribution in [3.8, 4) is 0 Å². The Bertz CT molecular complexity index is 295. The summed E-state index contributed by atoms with van der Waals surface area (Å²) in [6.07, 6.45) is 6.66. The molecule has 2 fully saturated rings. The summed E-state index contributed by atoms with van der Waals surface area (Å²) in [5.41, 5.74) is 6.10. The average Bonchev–Trinajstić information content (AvgIpc) is 2.34. The Labute approximate surface area is 131 Å². The minimum Gasteiger partial charge on any atom is -0.316 e. The highest BCUT2D eigenvalue weighted by molar-refractivity contribution is 14.1. The molecule has 2 N–H and O–H groups in total. The first-order valence-corrected chi connectivity index (χ1v) is 9.03. The molecule has 2 aliphatic rings. The third kappa shape index (κ3) is 4.15. The van der Waals surface area contributed by atoms with Crippen LogP contribution in [0.2, 0.25) is 0 Å². The summed E-state index contributed by atoms with van der Waals surface area (Å²) in [5.74, 6) is 0.691. The minimum atomic E-state index is 0.0903. The van der Waals surface area contributed by atoms with Crippen molar-refractivity contribution in [3.05, 3.63) is 0 Å². The van der Waals surface area contributed by atoms with E-state index < -0.39 is 0 Å². The van der Waals surface area contributed by atoms with Crippen molar-refractivity contribution in [1.29, 1.82) is 0 Å². The second kappa shape index (κ2) is 6.99. The number of hydrogen-bond acceptors (Lipinski definition) is 3. The maximum absolute atomic E-state index is 12.3. The highest BCUT2D eigenvalue weighted by Crippen LogP contribution is 2.30. The van der Waals surface area contributed by atoms with Crippen molar-refractivity contribution in [3.63, 3.8) is 0 Å². The number of carbonyl (C=O) groups excluding carboxylic acids is 1. The maximum Gasteiger partial charge on any atom is 0.149 e. The van der Waals surface area contributed by atoms with Gasteiger partial charge in [0.05, 0.1) is 12.7 Å². The summed E-state index contributed by atoms with van der Waals surface area (Å²) >= 11 is 6.11. The van der Waals surface area contributed by atoms with E-state index in [0.717, 1.165) is 38.6 Å². The van der Waals surface area contributed by atoms with Crippen molar-refractivity contribution in [2.45, 2.75) is 53.4 Å². The number of alkyl halides is 2. The van der Waals surface area contributed by atoms with Gasteiger partial charge >= 0.3 is 0 Å². The summed E-state index contributed by atoms with van der Waals surface area (Å²) in [5, 5.41) is 0. The quantitative estimate of drug-likeness (QED) is 0.555. The van der Waals surface area contributed by atoms with E-state index in [1.54, 1.807) is 0 Å². The van der Waals surface area contributed by atoms with Crippen molar-refractivity contribution in [2.24, 2.45) is 11.7 Å². The first-order valence-electron chi connectivity index (χ1n) is 6.86. The molecule has 2 rings (SSSR count). The molecule has 1 aliphatic carbocycles. The molecule has 104 valence electrons. The fraction of sp³-hybridized carbons (Fsp3) is 0.923. The molecule has 5 heteroatoms. The van der Waals surface area contributed by atoms with Crippen LogP contribution >= 0.6 is 38.5 Å². The third-order valence-corrected chi connectivity index (χ3v) is 6.08. The van der Waals surface area contributed by atoms with Gasteiger partial charge in [0.25, 0.3) is 0 Å². The number of piperidine rings is 1. The van der Waals surface area contributed by atoms with Gasteiger partial charge < -0.3 is 5.73 Å². The maximum atomic E-state index is 12.3. The van der Waals surface area contributed by atoms with Crippen LogP contribution in [0.1, 0.15) is 38.5 Å². The minimum absolute atomic E-state index is 0.0903. The predicted octanol–water partition coefficient (Wildman–Crippen LogP) is 2.69. The number of hydrogen-bond donors (Lipinski definition) is 1. The van der Waals surface area contributed by atoms with E-state index in [4.69, 9.17) is 5.73 Å². The lowest BCUT2D eigenvalue weighted by atomic mass is 9.86. The molecule has 0 radical (unpaired) electrons. The van der Waals surface area contributed by atoms with E-state index in [2.05, 4.69) is 43.4 Å². The van der Waals surface area contributed by atoms with Crippen molar-refractivity contribution < 1.29 is 4.79 Å². The summed E-state index contributed by atoms with van der Waals surface area (Å²) in [4.78, 5) is 15.1. The Balaban J connectivity index is 1.82. The Kier molecular flexibility index (Phi) is 5.90. The first kappa shape index (κ1) is 15.2. The van der Waals surface area contributed by atoms with Crippen molar-refractivity contribution >= 4 is 44.3 Å². The number of rotatable bonds is 3. The normalized spacial score (nSPS) is 38.6. The summed E-state index contributed by atoms with van der Waals surface area (Å²) in [6.45, 7) is 1.54. The van der Waals surface area contributed by atoms with Gasteiger partial charge in [-0.1, -0.05) is 38.5 Å². The van der Waals surface area contributed by atoms with Crippen LogP contribution in [-0.2, 0) is 4.79 Å². The number of Topliss-reactive ketones (excluding diaryl/α,β-unsaturated/α-hetero) is 1. The van der Waals surface area contributed by atoms with Crippen LogP contribution in [0.3, 0.4) is 0 Å². The van der Waals surface area contributed by atoms with Crippen LogP contribution in [0.5, 0.6) is 0 Å². The Morgan fingerprint density at radius 1 is 1.22 bits per heavy atom. The number of carbonyl (C=O) groups is 1. The van der Waals surface area contributed by atoms with E-state index in [-0.39, 0.29) is 12.1 Å². The molecular formula is C13H22BrIN2O. The summed E-state index contributed by atoms with van der Waals surface area (Å²) < 4.78 is 0.647. The topological polar surface area (TPSA) is 46.3 Å². The van der Waals surface area contributed by atoms with Gasteiger partial charge in [0.1, 0.15) is 5.78 Å². The van der Waals surface area contributed by atoms with Gasteiger partial charge in [-0.3, -0.25) is 9.69 Å². The Morgan fingerprint density at radius 3 is 2.56 bits per heavy atom. The van der Waals surface area contributed by atoms with Crippen molar-refractivity contribution in [2.75, 3.05) is 13.1 Å². The predicted molar refractivity (Wildman–Crippen MR) is 86.3 cm³/mol. The molecule has 1 aliphatic heterocycles. The first-order chi connectivity index (χ1) is 8.56. The molecule has 1 saturated carbocycles. The van der Waals surface area contributed by atoms with Gasteiger partial charge in [0.15, 0.2) is 0 Å². The lowest BCUT2D eigenvalue weighted by molar-refractivity contribution is -0.125. The van der Waals surface area contributed by atoms with Gasteiger partial charge in [0.2, 0.25) is 0 Å².